The number of benzene rings is 3. The Morgan fingerprint density at radius 3 is 2.24 bits per heavy atom. The highest BCUT2D eigenvalue weighted by Gasteiger charge is 2.34. The number of hydrogen-bond acceptors (Lipinski definition) is 5. The average Bonchev–Trinajstić information content (AvgIpc) is 2.96. The van der Waals surface area contributed by atoms with Crippen molar-refractivity contribution in [3.8, 4) is 5.75 Å². The van der Waals surface area contributed by atoms with Crippen LogP contribution >= 0.6 is 34.8 Å². The first-order valence-electron chi connectivity index (χ1n) is 12.8. The number of amides is 2. The first-order chi connectivity index (χ1) is 19.4. The van der Waals surface area contributed by atoms with E-state index in [1.165, 1.54) is 36.3 Å². The molecule has 3 aromatic rings. The summed E-state index contributed by atoms with van der Waals surface area (Å²) in [5, 5.41) is 3.75. The minimum Gasteiger partial charge on any atom is -0.495 e. The van der Waals surface area contributed by atoms with Crippen molar-refractivity contribution in [3.05, 3.63) is 87.4 Å². The van der Waals surface area contributed by atoms with Crippen LogP contribution in [0, 0.1) is 0 Å². The van der Waals surface area contributed by atoms with Crippen LogP contribution in [0.4, 0.5) is 5.69 Å². The Balaban J connectivity index is 2.10. The highest BCUT2D eigenvalue weighted by Crippen LogP contribution is 2.35. The molecule has 0 fully saturated rings. The molecule has 0 saturated heterocycles. The van der Waals surface area contributed by atoms with E-state index in [1.54, 1.807) is 49.4 Å². The maximum atomic E-state index is 14.1. The maximum absolute atomic E-state index is 14.1. The van der Waals surface area contributed by atoms with Gasteiger partial charge in [0.2, 0.25) is 11.8 Å². The number of carbonyl (C=O) groups excluding carboxylic acids is 2. The van der Waals surface area contributed by atoms with E-state index < -0.39 is 28.5 Å². The first kappa shape index (κ1) is 32.5. The van der Waals surface area contributed by atoms with Gasteiger partial charge in [0, 0.05) is 17.6 Å². The van der Waals surface area contributed by atoms with Crippen molar-refractivity contribution in [1.29, 1.82) is 0 Å². The summed E-state index contributed by atoms with van der Waals surface area (Å²) >= 11 is 18.6. The summed E-state index contributed by atoms with van der Waals surface area (Å²) < 4.78 is 34.3. The number of sulfonamides is 1. The predicted octanol–water partition coefficient (Wildman–Crippen LogP) is 6.18. The largest absolute Gasteiger partial charge is 0.495 e. The number of nitrogens with zero attached hydrogens (tertiary/aromatic N) is 2. The summed E-state index contributed by atoms with van der Waals surface area (Å²) in [6, 6.07) is 16.0. The Bertz CT molecular complexity index is 1490. The van der Waals surface area contributed by atoms with Crippen molar-refractivity contribution in [2.75, 3.05) is 18.0 Å². The number of hydrogen-bond donors (Lipinski definition) is 1. The molecule has 3 rings (SSSR count). The van der Waals surface area contributed by atoms with E-state index in [1.807, 2.05) is 13.8 Å². The van der Waals surface area contributed by atoms with Gasteiger partial charge in [-0.2, -0.15) is 0 Å². The van der Waals surface area contributed by atoms with E-state index in [0.29, 0.717) is 17.0 Å². The fourth-order valence-corrected chi connectivity index (χ4v) is 5.90. The summed E-state index contributed by atoms with van der Waals surface area (Å²) in [7, 11) is -2.89. The molecular formula is C29H32Cl3N3O5S. The van der Waals surface area contributed by atoms with Gasteiger partial charge in [0.25, 0.3) is 10.0 Å². The number of anilines is 1. The number of nitrogens with one attached hydrogen (secondary N) is 1. The molecule has 0 aliphatic carbocycles. The second-order valence-electron chi connectivity index (χ2n) is 9.40. The zero-order chi connectivity index (χ0) is 30.3. The van der Waals surface area contributed by atoms with E-state index >= 15 is 0 Å². The molecule has 0 heterocycles. The molecule has 0 aliphatic heterocycles. The molecule has 1 N–H and O–H groups in total. The fraction of sp³-hybridized carbons (Fsp3) is 0.310. The number of rotatable bonds is 12. The second kappa shape index (κ2) is 14.3. The number of carbonyl (C=O) groups is 2. The molecule has 0 unspecified atom stereocenters. The third kappa shape index (κ3) is 8.07. The van der Waals surface area contributed by atoms with Crippen LogP contribution in [0.1, 0.15) is 32.8 Å². The Morgan fingerprint density at radius 1 is 0.951 bits per heavy atom. The van der Waals surface area contributed by atoms with Crippen molar-refractivity contribution >= 4 is 62.3 Å². The topological polar surface area (TPSA) is 96.0 Å². The summed E-state index contributed by atoms with van der Waals surface area (Å²) in [6.45, 7) is 4.70. The summed E-state index contributed by atoms with van der Waals surface area (Å²) in [5.74, 6) is -0.824. The Morgan fingerprint density at radius 2 is 1.63 bits per heavy atom. The monoisotopic (exact) mass is 639 g/mol. The van der Waals surface area contributed by atoms with Gasteiger partial charge in [0.15, 0.2) is 0 Å². The first-order valence-corrected chi connectivity index (χ1v) is 15.4. The van der Waals surface area contributed by atoms with Gasteiger partial charge in [0.05, 0.1) is 27.7 Å². The maximum Gasteiger partial charge on any atom is 0.264 e. The van der Waals surface area contributed by atoms with Gasteiger partial charge in [0.1, 0.15) is 18.3 Å². The summed E-state index contributed by atoms with van der Waals surface area (Å²) in [6.07, 6.45) is 0.691. The molecular weight excluding hydrogens is 609 g/mol. The van der Waals surface area contributed by atoms with Crippen LogP contribution in [0.2, 0.25) is 15.1 Å². The van der Waals surface area contributed by atoms with Crippen LogP contribution in [0.3, 0.4) is 0 Å². The van der Waals surface area contributed by atoms with Gasteiger partial charge in [-0.15, -0.1) is 0 Å². The molecule has 0 spiro atoms. The van der Waals surface area contributed by atoms with Gasteiger partial charge in [-0.25, -0.2) is 8.42 Å². The minimum atomic E-state index is -4.28. The van der Waals surface area contributed by atoms with Crippen LogP contribution in [0.25, 0.3) is 0 Å². The zero-order valence-electron chi connectivity index (χ0n) is 23.1. The molecule has 0 bridgehead atoms. The van der Waals surface area contributed by atoms with Gasteiger partial charge < -0.3 is 15.0 Å². The van der Waals surface area contributed by atoms with E-state index in [9.17, 15) is 18.0 Å². The minimum absolute atomic E-state index is 0.0310. The van der Waals surface area contributed by atoms with Crippen molar-refractivity contribution in [2.45, 2.75) is 50.7 Å². The fourth-order valence-electron chi connectivity index (χ4n) is 3.97. The Labute approximate surface area is 256 Å². The third-order valence-corrected chi connectivity index (χ3v) is 9.27. The van der Waals surface area contributed by atoms with Gasteiger partial charge in [-0.05, 0) is 68.3 Å². The lowest BCUT2D eigenvalue weighted by Gasteiger charge is -2.33. The van der Waals surface area contributed by atoms with Gasteiger partial charge in [-0.3, -0.25) is 13.9 Å². The Hall–Kier alpha value is -2.98. The molecule has 2 atom stereocenters. The van der Waals surface area contributed by atoms with E-state index in [4.69, 9.17) is 39.5 Å². The smallest absolute Gasteiger partial charge is 0.264 e. The van der Waals surface area contributed by atoms with E-state index in [0.717, 1.165) is 4.31 Å². The average molecular weight is 641 g/mol. The van der Waals surface area contributed by atoms with E-state index in [-0.39, 0.29) is 44.9 Å². The molecule has 220 valence electrons. The third-order valence-electron chi connectivity index (χ3n) is 6.52. The summed E-state index contributed by atoms with van der Waals surface area (Å²) in [4.78, 5) is 28.5. The molecule has 41 heavy (non-hydrogen) atoms. The molecule has 12 heteroatoms. The molecule has 3 aromatic carbocycles. The number of methoxy groups -OCH3 is 1. The highest BCUT2D eigenvalue weighted by atomic mass is 35.5. The second-order valence-corrected chi connectivity index (χ2v) is 12.5. The Kier molecular flexibility index (Phi) is 11.3. The lowest BCUT2D eigenvalue weighted by molar-refractivity contribution is -0.139. The number of halogens is 3. The van der Waals surface area contributed by atoms with Crippen LogP contribution in [0.5, 0.6) is 5.75 Å². The van der Waals surface area contributed by atoms with Gasteiger partial charge in [-0.1, -0.05) is 66.0 Å². The van der Waals surface area contributed by atoms with Gasteiger partial charge >= 0.3 is 0 Å². The van der Waals surface area contributed by atoms with E-state index in [2.05, 4.69) is 5.32 Å². The number of ether oxygens (including phenoxy) is 1. The van der Waals surface area contributed by atoms with Crippen LogP contribution in [-0.2, 0) is 26.2 Å². The molecule has 2 amide bonds. The standard InChI is InChI=1S/C29H32Cl3N3O5S/c1-5-19(2)33-29(37)20(3)34(17-21-11-13-24(31)25(32)15-21)28(36)18-35(26-16-22(30)12-14-27(26)40-4)41(38,39)23-9-7-6-8-10-23/h6-16,19-20H,5,17-18H2,1-4H3,(H,33,37)/t19-,20-/m1/s1. The van der Waals surface area contributed by atoms with Crippen molar-refractivity contribution in [1.82, 2.24) is 10.2 Å². The zero-order valence-corrected chi connectivity index (χ0v) is 26.2. The van der Waals surface area contributed by atoms with Crippen molar-refractivity contribution < 1.29 is 22.7 Å². The highest BCUT2D eigenvalue weighted by molar-refractivity contribution is 7.92. The van der Waals surface area contributed by atoms with Crippen LogP contribution in [0.15, 0.2) is 71.6 Å². The van der Waals surface area contributed by atoms with Crippen LogP contribution in [-0.4, -0.2) is 50.9 Å². The van der Waals surface area contributed by atoms with Crippen molar-refractivity contribution in [2.24, 2.45) is 0 Å². The lowest BCUT2D eigenvalue weighted by Crippen LogP contribution is -2.52. The molecule has 0 saturated carbocycles. The molecule has 8 nitrogen and oxygen atoms in total. The summed E-state index contributed by atoms with van der Waals surface area (Å²) in [5.41, 5.74) is 0.678. The normalized spacial score (nSPS) is 12.8. The van der Waals surface area contributed by atoms with Crippen molar-refractivity contribution in [3.63, 3.8) is 0 Å². The predicted molar refractivity (Wildman–Crippen MR) is 163 cm³/mol. The molecule has 0 aromatic heterocycles. The van der Waals surface area contributed by atoms with Crippen LogP contribution < -0.4 is 14.4 Å². The SMILES string of the molecule is CC[C@@H](C)NC(=O)[C@@H](C)N(Cc1ccc(Cl)c(Cl)c1)C(=O)CN(c1cc(Cl)ccc1OC)S(=O)(=O)c1ccccc1. The molecule has 0 radical (unpaired) electrons. The quantitative estimate of drug-likeness (QED) is 0.255. The lowest BCUT2D eigenvalue weighted by atomic mass is 10.1. The molecule has 0 aliphatic rings.